The molecule has 0 saturated carbocycles. The second-order valence-corrected chi connectivity index (χ2v) is 7.13. The summed E-state index contributed by atoms with van der Waals surface area (Å²) in [6, 6.07) is 7.88. The van der Waals surface area contributed by atoms with Crippen molar-refractivity contribution in [2.75, 3.05) is 31.1 Å². The summed E-state index contributed by atoms with van der Waals surface area (Å²) in [4.78, 5) is 9.32. The minimum absolute atomic E-state index is 0.521. The van der Waals surface area contributed by atoms with Crippen molar-refractivity contribution in [2.45, 2.75) is 31.5 Å². The van der Waals surface area contributed by atoms with E-state index in [2.05, 4.69) is 20.9 Å². The first-order valence-electron chi connectivity index (χ1n) is 9.12. The van der Waals surface area contributed by atoms with Crippen LogP contribution >= 0.6 is 0 Å². The highest BCUT2D eigenvalue weighted by molar-refractivity contribution is 5.67. The first-order valence-corrected chi connectivity index (χ1v) is 9.12. The third-order valence-electron chi connectivity index (χ3n) is 5.49. The van der Waals surface area contributed by atoms with Gasteiger partial charge in [-0.05, 0) is 49.6 Å². The standard InChI is InChI=1S/C20H22F3N3/c21-20(22,23)17-5-3-15(4-6-17)16-12-19(14-24-13-16)26-11-10-25-8-1-2-18(26)7-9-25/h3-6,12-14,18H,1-2,7-11H2. The number of hydrogen-bond donors (Lipinski definition) is 0. The Balaban J connectivity index is 1.60. The van der Waals surface area contributed by atoms with Crippen molar-refractivity contribution in [3.8, 4) is 11.1 Å². The third kappa shape index (κ3) is 3.56. The number of aromatic nitrogens is 1. The van der Waals surface area contributed by atoms with Gasteiger partial charge in [0.25, 0.3) is 0 Å². The minimum Gasteiger partial charge on any atom is -0.366 e. The molecule has 0 radical (unpaired) electrons. The lowest BCUT2D eigenvalue weighted by Crippen LogP contribution is -2.39. The van der Waals surface area contributed by atoms with Gasteiger partial charge in [0.2, 0.25) is 0 Å². The van der Waals surface area contributed by atoms with E-state index in [-0.39, 0.29) is 0 Å². The smallest absolute Gasteiger partial charge is 0.366 e. The molecule has 0 N–H and O–H groups in total. The highest BCUT2D eigenvalue weighted by atomic mass is 19.4. The molecule has 138 valence electrons. The first-order chi connectivity index (χ1) is 12.5. The average molecular weight is 361 g/mol. The quantitative estimate of drug-likeness (QED) is 0.788. The highest BCUT2D eigenvalue weighted by Crippen LogP contribution is 2.32. The molecule has 0 aliphatic carbocycles. The summed E-state index contributed by atoms with van der Waals surface area (Å²) in [6.07, 6.45) is 2.84. The molecule has 6 heteroatoms. The number of alkyl halides is 3. The Hall–Kier alpha value is -2.08. The predicted octanol–water partition coefficient (Wildman–Crippen LogP) is 4.44. The summed E-state index contributed by atoms with van der Waals surface area (Å²) >= 11 is 0. The monoisotopic (exact) mass is 361 g/mol. The van der Waals surface area contributed by atoms with E-state index in [1.165, 1.54) is 31.5 Å². The number of benzene rings is 1. The lowest BCUT2D eigenvalue weighted by molar-refractivity contribution is -0.137. The van der Waals surface area contributed by atoms with Gasteiger partial charge in [-0.15, -0.1) is 0 Å². The summed E-state index contributed by atoms with van der Waals surface area (Å²) in [6.45, 7) is 4.37. The molecule has 2 unspecified atom stereocenters. The number of rotatable bonds is 2. The van der Waals surface area contributed by atoms with E-state index < -0.39 is 11.7 Å². The Labute approximate surface area is 151 Å². The second-order valence-electron chi connectivity index (χ2n) is 7.13. The normalized spacial score (nSPS) is 23.6. The van der Waals surface area contributed by atoms with E-state index in [1.54, 1.807) is 6.20 Å². The zero-order chi connectivity index (χ0) is 18.1. The Morgan fingerprint density at radius 2 is 1.69 bits per heavy atom. The van der Waals surface area contributed by atoms with Crippen molar-refractivity contribution in [3.05, 3.63) is 48.3 Å². The van der Waals surface area contributed by atoms with Crippen LogP contribution in [0.4, 0.5) is 18.9 Å². The maximum absolute atomic E-state index is 12.8. The molecule has 2 aliphatic rings. The fourth-order valence-corrected chi connectivity index (χ4v) is 4.04. The first kappa shape index (κ1) is 17.3. The fraction of sp³-hybridized carbons (Fsp3) is 0.450. The average Bonchev–Trinajstić information content (AvgIpc) is 2.97. The van der Waals surface area contributed by atoms with Crippen LogP contribution in [-0.2, 0) is 6.18 Å². The lowest BCUT2D eigenvalue weighted by atomic mass is 10.0. The van der Waals surface area contributed by atoms with E-state index in [4.69, 9.17) is 0 Å². The van der Waals surface area contributed by atoms with E-state index in [1.807, 2.05) is 6.20 Å². The molecule has 2 atom stereocenters. The van der Waals surface area contributed by atoms with E-state index in [0.29, 0.717) is 6.04 Å². The van der Waals surface area contributed by atoms with Crippen LogP contribution in [0.15, 0.2) is 42.7 Å². The largest absolute Gasteiger partial charge is 0.416 e. The molecule has 2 saturated heterocycles. The summed E-state index contributed by atoms with van der Waals surface area (Å²) in [5.41, 5.74) is 2.05. The van der Waals surface area contributed by atoms with Gasteiger partial charge in [-0.2, -0.15) is 13.2 Å². The van der Waals surface area contributed by atoms with Gasteiger partial charge in [0, 0.05) is 37.4 Å². The van der Waals surface area contributed by atoms with Gasteiger partial charge in [0.05, 0.1) is 17.4 Å². The van der Waals surface area contributed by atoms with Crippen LogP contribution in [0.5, 0.6) is 0 Å². The van der Waals surface area contributed by atoms with Crippen molar-refractivity contribution in [1.82, 2.24) is 9.88 Å². The molecule has 2 aliphatic heterocycles. The number of hydrogen-bond acceptors (Lipinski definition) is 3. The molecular formula is C20H22F3N3. The van der Waals surface area contributed by atoms with Crippen molar-refractivity contribution in [1.29, 1.82) is 0 Å². The van der Waals surface area contributed by atoms with Crippen molar-refractivity contribution >= 4 is 5.69 Å². The number of anilines is 1. The maximum Gasteiger partial charge on any atom is 0.416 e. The van der Waals surface area contributed by atoms with Crippen LogP contribution in [-0.4, -0.2) is 42.1 Å². The number of pyridine rings is 1. The Kier molecular flexibility index (Phi) is 4.61. The molecule has 4 rings (SSSR count). The number of fused-ring (bicyclic) bond motifs is 3. The van der Waals surface area contributed by atoms with E-state index >= 15 is 0 Å². The topological polar surface area (TPSA) is 19.4 Å². The summed E-state index contributed by atoms with van der Waals surface area (Å²) in [5.74, 6) is 0. The molecule has 1 aromatic heterocycles. The van der Waals surface area contributed by atoms with Crippen LogP contribution < -0.4 is 4.90 Å². The van der Waals surface area contributed by atoms with Crippen LogP contribution in [0.3, 0.4) is 0 Å². The SMILES string of the molecule is FC(F)(F)c1ccc(-c2cncc(N3CCN4CCCC3CC4)c2)cc1. The zero-order valence-corrected chi connectivity index (χ0v) is 14.5. The Morgan fingerprint density at radius 1 is 0.885 bits per heavy atom. The molecule has 2 aromatic rings. The predicted molar refractivity (Wildman–Crippen MR) is 96.1 cm³/mol. The van der Waals surface area contributed by atoms with Gasteiger partial charge in [0.1, 0.15) is 0 Å². The third-order valence-corrected chi connectivity index (χ3v) is 5.49. The molecule has 2 fully saturated rings. The van der Waals surface area contributed by atoms with Gasteiger partial charge in [-0.3, -0.25) is 4.98 Å². The van der Waals surface area contributed by atoms with Gasteiger partial charge in [-0.1, -0.05) is 12.1 Å². The molecule has 3 heterocycles. The summed E-state index contributed by atoms with van der Waals surface area (Å²) in [7, 11) is 0. The number of nitrogens with zero attached hydrogens (tertiary/aromatic N) is 3. The van der Waals surface area contributed by atoms with Gasteiger partial charge < -0.3 is 9.80 Å². The number of halogens is 3. The molecule has 3 nitrogen and oxygen atoms in total. The molecule has 2 bridgehead atoms. The van der Waals surface area contributed by atoms with Crippen molar-refractivity contribution in [2.24, 2.45) is 0 Å². The van der Waals surface area contributed by atoms with Crippen LogP contribution in [0, 0.1) is 0 Å². The van der Waals surface area contributed by atoms with Crippen molar-refractivity contribution < 1.29 is 13.2 Å². The summed E-state index contributed by atoms with van der Waals surface area (Å²) in [5, 5.41) is 0. The minimum atomic E-state index is -4.31. The van der Waals surface area contributed by atoms with E-state index in [0.717, 1.165) is 55.0 Å². The molecule has 0 spiro atoms. The highest BCUT2D eigenvalue weighted by Gasteiger charge is 2.30. The molecule has 1 aromatic carbocycles. The molecule has 26 heavy (non-hydrogen) atoms. The molecule has 0 amide bonds. The Bertz CT molecular complexity index is 758. The van der Waals surface area contributed by atoms with E-state index in [9.17, 15) is 13.2 Å². The van der Waals surface area contributed by atoms with Gasteiger partial charge >= 0.3 is 6.18 Å². The summed E-state index contributed by atoms with van der Waals surface area (Å²) < 4.78 is 38.3. The van der Waals surface area contributed by atoms with Crippen LogP contribution in [0.1, 0.15) is 24.8 Å². The molecular weight excluding hydrogens is 339 g/mol. The fourth-order valence-electron chi connectivity index (χ4n) is 4.04. The van der Waals surface area contributed by atoms with Gasteiger partial charge in [-0.25, -0.2) is 0 Å². The van der Waals surface area contributed by atoms with Crippen LogP contribution in [0.2, 0.25) is 0 Å². The lowest BCUT2D eigenvalue weighted by Gasteiger charge is -2.33. The Morgan fingerprint density at radius 3 is 2.46 bits per heavy atom. The second kappa shape index (κ2) is 6.91. The van der Waals surface area contributed by atoms with Crippen LogP contribution in [0.25, 0.3) is 11.1 Å². The van der Waals surface area contributed by atoms with Gasteiger partial charge in [0.15, 0.2) is 0 Å². The zero-order valence-electron chi connectivity index (χ0n) is 14.5. The van der Waals surface area contributed by atoms with Crippen molar-refractivity contribution in [3.63, 3.8) is 0 Å². The maximum atomic E-state index is 12.8.